The fourth-order valence-electron chi connectivity index (χ4n) is 1.67. The maximum atomic E-state index is 11.1. The van der Waals surface area contributed by atoms with Gasteiger partial charge in [-0.15, -0.1) is 0 Å². The summed E-state index contributed by atoms with van der Waals surface area (Å²) in [4.78, 5) is 15.1. The highest BCUT2D eigenvalue weighted by molar-refractivity contribution is 5.74. The molecule has 1 saturated carbocycles. The van der Waals surface area contributed by atoms with Crippen molar-refractivity contribution in [3.63, 3.8) is 0 Å². The van der Waals surface area contributed by atoms with Gasteiger partial charge in [-0.2, -0.15) is 0 Å². The van der Waals surface area contributed by atoms with Crippen LogP contribution in [0.1, 0.15) is 44.5 Å². The van der Waals surface area contributed by atoms with E-state index in [1.165, 1.54) is 13.8 Å². The molecule has 1 fully saturated rings. The van der Waals surface area contributed by atoms with E-state index in [0.717, 1.165) is 12.8 Å². The molecule has 88 valence electrons. The molecule has 0 aliphatic heterocycles. The molecule has 0 aromatic carbocycles. The zero-order chi connectivity index (χ0) is 11.9. The molecule has 0 bridgehead atoms. The van der Waals surface area contributed by atoms with Gasteiger partial charge in [0, 0.05) is 6.04 Å². The number of aliphatic hydroxyl groups excluding tert-OH is 1. The van der Waals surface area contributed by atoms with Gasteiger partial charge in [0.1, 0.15) is 6.10 Å². The maximum absolute atomic E-state index is 11.1. The highest BCUT2D eigenvalue weighted by Crippen LogP contribution is 2.40. The van der Waals surface area contributed by atoms with E-state index in [2.05, 4.69) is 4.98 Å². The lowest BCUT2D eigenvalue weighted by molar-refractivity contribution is -0.154. The lowest BCUT2D eigenvalue weighted by atomic mass is 9.85. The van der Waals surface area contributed by atoms with Gasteiger partial charge in [-0.25, -0.2) is 4.98 Å². The Morgan fingerprint density at radius 2 is 2.25 bits per heavy atom. The third kappa shape index (κ3) is 1.71. The van der Waals surface area contributed by atoms with Crippen LogP contribution in [0.15, 0.2) is 12.5 Å². The topological polar surface area (TPSA) is 75.3 Å². The van der Waals surface area contributed by atoms with Crippen molar-refractivity contribution in [1.29, 1.82) is 0 Å². The highest BCUT2D eigenvalue weighted by atomic mass is 16.4. The third-order valence-corrected chi connectivity index (χ3v) is 3.15. The second-order valence-corrected chi connectivity index (χ2v) is 4.89. The molecule has 1 aromatic heterocycles. The summed E-state index contributed by atoms with van der Waals surface area (Å²) in [7, 11) is 0. The van der Waals surface area contributed by atoms with E-state index in [9.17, 15) is 9.90 Å². The predicted octanol–water partition coefficient (Wildman–Crippen LogP) is 1.36. The number of imidazole rings is 1. The minimum Gasteiger partial charge on any atom is -0.481 e. The molecule has 1 unspecified atom stereocenters. The number of aliphatic carboxylic acids is 1. The van der Waals surface area contributed by atoms with Crippen molar-refractivity contribution in [1.82, 2.24) is 9.55 Å². The first-order valence-electron chi connectivity index (χ1n) is 5.37. The average Bonchev–Trinajstić information content (AvgIpc) is 2.95. The van der Waals surface area contributed by atoms with E-state index in [1.54, 1.807) is 12.5 Å². The van der Waals surface area contributed by atoms with E-state index >= 15 is 0 Å². The Bertz CT molecular complexity index is 407. The van der Waals surface area contributed by atoms with Crippen LogP contribution in [0.3, 0.4) is 0 Å². The molecule has 1 aromatic rings. The fraction of sp³-hybridized carbons (Fsp3) is 0.636. The van der Waals surface area contributed by atoms with E-state index in [0.29, 0.717) is 11.7 Å². The minimum atomic E-state index is -1.20. The molecule has 5 heteroatoms. The van der Waals surface area contributed by atoms with Crippen LogP contribution in [-0.2, 0) is 4.79 Å². The SMILES string of the molecule is CC(C)(C(=O)O)C(O)c1cncn1C1CC1. The zero-order valence-corrected chi connectivity index (χ0v) is 9.42. The van der Waals surface area contributed by atoms with Gasteiger partial charge in [0.25, 0.3) is 0 Å². The molecule has 1 aliphatic carbocycles. The Labute approximate surface area is 93.7 Å². The first kappa shape index (κ1) is 11.1. The molecule has 16 heavy (non-hydrogen) atoms. The Morgan fingerprint density at radius 1 is 1.62 bits per heavy atom. The van der Waals surface area contributed by atoms with Crippen LogP contribution in [0.5, 0.6) is 0 Å². The van der Waals surface area contributed by atoms with Crippen molar-refractivity contribution < 1.29 is 15.0 Å². The fourth-order valence-corrected chi connectivity index (χ4v) is 1.67. The molecular formula is C11H16N2O3. The van der Waals surface area contributed by atoms with E-state index in [1.807, 2.05) is 4.57 Å². The number of hydrogen-bond acceptors (Lipinski definition) is 3. The van der Waals surface area contributed by atoms with Crippen LogP contribution < -0.4 is 0 Å². The van der Waals surface area contributed by atoms with Crippen LogP contribution >= 0.6 is 0 Å². The molecule has 0 radical (unpaired) electrons. The number of aromatic nitrogens is 2. The largest absolute Gasteiger partial charge is 0.481 e. The monoisotopic (exact) mass is 224 g/mol. The standard InChI is InChI=1S/C11H16N2O3/c1-11(2,10(15)16)9(14)8-5-12-6-13(8)7-3-4-7/h5-7,9,14H,3-4H2,1-2H3,(H,15,16). The summed E-state index contributed by atoms with van der Waals surface area (Å²) < 4.78 is 1.88. The Balaban J connectivity index is 2.29. The summed E-state index contributed by atoms with van der Waals surface area (Å²) in [5.74, 6) is -1.01. The average molecular weight is 224 g/mol. The third-order valence-electron chi connectivity index (χ3n) is 3.15. The van der Waals surface area contributed by atoms with Gasteiger partial charge < -0.3 is 14.8 Å². The predicted molar refractivity (Wildman–Crippen MR) is 56.9 cm³/mol. The van der Waals surface area contributed by atoms with Crippen molar-refractivity contribution in [3.05, 3.63) is 18.2 Å². The summed E-state index contributed by atoms with van der Waals surface area (Å²) in [6.45, 7) is 3.04. The van der Waals surface area contributed by atoms with Gasteiger partial charge >= 0.3 is 5.97 Å². The van der Waals surface area contributed by atoms with Gasteiger partial charge in [-0.1, -0.05) is 0 Å². The summed E-state index contributed by atoms with van der Waals surface area (Å²) in [6, 6.07) is 0.386. The smallest absolute Gasteiger partial charge is 0.312 e. The number of carbonyl (C=O) groups is 1. The number of nitrogens with zero attached hydrogens (tertiary/aromatic N) is 2. The van der Waals surface area contributed by atoms with Crippen LogP contribution in [0, 0.1) is 5.41 Å². The molecule has 2 rings (SSSR count). The van der Waals surface area contributed by atoms with Crippen LogP contribution in [0.2, 0.25) is 0 Å². The second kappa shape index (κ2) is 3.59. The van der Waals surface area contributed by atoms with E-state index < -0.39 is 17.5 Å². The Hall–Kier alpha value is -1.36. The summed E-state index contributed by atoms with van der Waals surface area (Å²) in [5.41, 5.74) is -0.609. The van der Waals surface area contributed by atoms with Crippen molar-refractivity contribution in [2.45, 2.75) is 38.8 Å². The number of carboxylic acids is 1. The molecule has 1 heterocycles. The van der Waals surface area contributed by atoms with Crippen molar-refractivity contribution in [2.75, 3.05) is 0 Å². The first-order valence-corrected chi connectivity index (χ1v) is 5.37. The first-order chi connectivity index (χ1) is 7.44. The van der Waals surface area contributed by atoms with E-state index in [4.69, 9.17) is 5.11 Å². The molecule has 0 saturated heterocycles. The van der Waals surface area contributed by atoms with Gasteiger partial charge in [-0.3, -0.25) is 4.79 Å². The normalized spacial score (nSPS) is 18.4. The summed E-state index contributed by atoms with van der Waals surface area (Å²) >= 11 is 0. The number of aliphatic hydroxyl groups is 1. The van der Waals surface area contributed by atoms with Crippen LogP contribution in [0.25, 0.3) is 0 Å². The van der Waals surface area contributed by atoms with Crippen molar-refractivity contribution >= 4 is 5.97 Å². The molecular weight excluding hydrogens is 208 g/mol. The van der Waals surface area contributed by atoms with Crippen LogP contribution in [-0.4, -0.2) is 25.7 Å². The van der Waals surface area contributed by atoms with Gasteiger partial charge in [-0.05, 0) is 26.7 Å². The zero-order valence-electron chi connectivity index (χ0n) is 9.42. The van der Waals surface area contributed by atoms with E-state index in [-0.39, 0.29) is 0 Å². The quantitative estimate of drug-likeness (QED) is 0.809. The molecule has 0 spiro atoms. The van der Waals surface area contributed by atoms with Crippen molar-refractivity contribution in [3.8, 4) is 0 Å². The lowest BCUT2D eigenvalue weighted by Gasteiger charge is -2.26. The maximum Gasteiger partial charge on any atom is 0.312 e. The summed E-state index contributed by atoms with van der Waals surface area (Å²) in [6.07, 6.45) is 4.32. The second-order valence-electron chi connectivity index (χ2n) is 4.89. The van der Waals surface area contributed by atoms with Gasteiger partial charge in [0.05, 0.1) is 23.6 Å². The minimum absolute atomic E-state index is 0.386. The lowest BCUT2D eigenvalue weighted by Crippen LogP contribution is -2.32. The highest BCUT2D eigenvalue weighted by Gasteiger charge is 2.40. The number of hydrogen-bond donors (Lipinski definition) is 2. The van der Waals surface area contributed by atoms with Crippen molar-refractivity contribution in [2.24, 2.45) is 5.41 Å². The number of carboxylic acid groups (broad SMARTS) is 1. The van der Waals surface area contributed by atoms with Gasteiger partial charge in [0.15, 0.2) is 0 Å². The molecule has 1 atom stereocenters. The molecule has 0 amide bonds. The van der Waals surface area contributed by atoms with Crippen LogP contribution in [0.4, 0.5) is 0 Å². The summed E-state index contributed by atoms with van der Waals surface area (Å²) in [5, 5.41) is 19.2. The molecule has 5 nitrogen and oxygen atoms in total. The van der Waals surface area contributed by atoms with Gasteiger partial charge in [0.2, 0.25) is 0 Å². The number of rotatable bonds is 4. The molecule has 1 aliphatic rings. The Kier molecular flexibility index (Phi) is 2.50. The Morgan fingerprint density at radius 3 is 2.75 bits per heavy atom. The molecule has 2 N–H and O–H groups in total.